The SMILES string of the molecule is Cc1ccccc1CNc1nn(C)c(=O)n(C)c1=O. The van der Waals surface area contributed by atoms with Crippen LogP contribution in [0.1, 0.15) is 11.1 Å². The van der Waals surface area contributed by atoms with Crippen molar-refractivity contribution in [2.45, 2.75) is 13.5 Å². The Hall–Kier alpha value is -2.37. The molecule has 0 unspecified atom stereocenters. The molecule has 0 aliphatic carbocycles. The lowest BCUT2D eigenvalue weighted by molar-refractivity contribution is 0.604. The standard InChI is InChI=1S/C13H16N4O2/c1-9-6-4-5-7-10(9)8-14-11-12(18)16(2)13(19)17(3)15-11/h4-7H,8H2,1-3H3,(H,14,15). The number of hydrogen-bond donors (Lipinski definition) is 1. The fraction of sp³-hybridized carbons (Fsp3) is 0.308. The summed E-state index contributed by atoms with van der Waals surface area (Å²) in [6.45, 7) is 2.50. The number of nitrogens with one attached hydrogen (secondary N) is 1. The summed E-state index contributed by atoms with van der Waals surface area (Å²) in [7, 11) is 2.95. The molecule has 0 aliphatic heterocycles. The molecule has 100 valence electrons. The fourth-order valence-electron chi connectivity index (χ4n) is 1.80. The molecule has 0 aliphatic rings. The fourth-order valence-corrected chi connectivity index (χ4v) is 1.80. The first-order valence-corrected chi connectivity index (χ1v) is 5.93. The van der Waals surface area contributed by atoms with Gasteiger partial charge in [0.15, 0.2) is 0 Å². The first-order chi connectivity index (χ1) is 9.00. The largest absolute Gasteiger partial charge is 0.360 e. The molecule has 2 aromatic rings. The summed E-state index contributed by atoms with van der Waals surface area (Å²) in [4.78, 5) is 23.4. The molecule has 1 N–H and O–H groups in total. The van der Waals surface area contributed by atoms with Gasteiger partial charge >= 0.3 is 5.69 Å². The van der Waals surface area contributed by atoms with Gasteiger partial charge < -0.3 is 5.32 Å². The Morgan fingerprint density at radius 1 is 1.21 bits per heavy atom. The zero-order valence-electron chi connectivity index (χ0n) is 11.2. The lowest BCUT2D eigenvalue weighted by atomic mass is 10.1. The van der Waals surface area contributed by atoms with E-state index in [2.05, 4.69) is 10.4 Å². The van der Waals surface area contributed by atoms with Crippen molar-refractivity contribution in [3.05, 3.63) is 56.2 Å². The van der Waals surface area contributed by atoms with E-state index in [4.69, 9.17) is 0 Å². The molecular formula is C13H16N4O2. The van der Waals surface area contributed by atoms with E-state index < -0.39 is 11.2 Å². The van der Waals surface area contributed by atoms with Gasteiger partial charge in [0.2, 0.25) is 5.82 Å². The molecule has 1 aromatic heterocycles. The van der Waals surface area contributed by atoms with E-state index in [1.165, 1.54) is 14.1 Å². The summed E-state index contributed by atoms with van der Waals surface area (Å²) in [6.07, 6.45) is 0. The molecule has 0 radical (unpaired) electrons. The summed E-state index contributed by atoms with van der Waals surface area (Å²) in [5.74, 6) is 0.174. The second-order valence-electron chi connectivity index (χ2n) is 4.40. The average molecular weight is 260 g/mol. The highest BCUT2D eigenvalue weighted by molar-refractivity contribution is 5.34. The maximum Gasteiger partial charge on any atom is 0.346 e. The lowest BCUT2D eigenvalue weighted by Gasteiger charge is -2.09. The molecular weight excluding hydrogens is 244 g/mol. The highest BCUT2D eigenvalue weighted by Crippen LogP contribution is 2.07. The first kappa shape index (κ1) is 13.1. The highest BCUT2D eigenvalue weighted by Gasteiger charge is 2.08. The van der Waals surface area contributed by atoms with Gasteiger partial charge in [0.25, 0.3) is 5.56 Å². The van der Waals surface area contributed by atoms with Crippen molar-refractivity contribution in [3.63, 3.8) is 0 Å². The smallest absolute Gasteiger partial charge is 0.346 e. The first-order valence-electron chi connectivity index (χ1n) is 5.93. The Morgan fingerprint density at radius 2 is 1.89 bits per heavy atom. The van der Waals surface area contributed by atoms with Gasteiger partial charge in [-0.2, -0.15) is 0 Å². The highest BCUT2D eigenvalue weighted by atomic mass is 16.2. The number of aromatic nitrogens is 3. The summed E-state index contributed by atoms with van der Waals surface area (Å²) in [6, 6.07) is 7.89. The van der Waals surface area contributed by atoms with E-state index in [9.17, 15) is 9.59 Å². The number of aryl methyl sites for hydroxylation is 2. The molecule has 1 aromatic carbocycles. The van der Waals surface area contributed by atoms with Crippen LogP contribution < -0.4 is 16.6 Å². The minimum Gasteiger partial charge on any atom is -0.360 e. The maximum absolute atomic E-state index is 11.9. The van der Waals surface area contributed by atoms with E-state index in [-0.39, 0.29) is 5.82 Å². The Bertz CT molecular complexity index is 715. The topological polar surface area (TPSA) is 68.9 Å². The third-order valence-electron chi connectivity index (χ3n) is 3.03. The number of rotatable bonds is 3. The Balaban J connectivity index is 2.29. The zero-order chi connectivity index (χ0) is 14.0. The van der Waals surface area contributed by atoms with Crippen LogP contribution in [0.25, 0.3) is 0 Å². The molecule has 6 nitrogen and oxygen atoms in total. The van der Waals surface area contributed by atoms with Crippen LogP contribution in [0.4, 0.5) is 5.82 Å². The molecule has 0 fully saturated rings. The zero-order valence-corrected chi connectivity index (χ0v) is 11.2. The average Bonchev–Trinajstić information content (AvgIpc) is 2.40. The van der Waals surface area contributed by atoms with Crippen molar-refractivity contribution in [2.75, 3.05) is 5.32 Å². The number of benzene rings is 1. The normalized spacial score (nSPS) is 10.5. The van der Waals surface area contributed by atoms with E-state index in [1.807, 2.05) is 31.2 Å². The second kappa shape index (κ2) is 5.09. The van der Waals surface area contributed by atoms with Crippen LogP contribution in [0.15, 0.2) is 33.9 Å². The van der Waals surface area contributed by atoms with Crippen molar-refractivity contribution in [2.24, 2.45) is 14.1 Å². The van der Waals surface area contributed by atoms with E-state index in [0.717, 1.165) is 20.4 Å². The summed E-state index contributed by atoms with van der Waals surface area (Å²) < 4.78 is 2.18. The summed E-state index contributed by atoms with van der Waals surface area (Å²) in [5.41, 5.74) is 1.36. The van der Waals surface area contributed by atoms with Gasteiger partial charge in [-0.1, -0.05) is 24.3 Å². The number of nitrogens with zero attached hydrogens (tertiary/aromatic N) is 3. The predicted molar refractivity (Wildman–Crippen MR) is 73.2 cm³/mol. The van der Waals surface area contributed by atoms with Crippen LogP contribution >= 0.6 is 0 Å². The van der Waals surface area contributed by atoms with Crippen LogP contribution in [0, 0.1) is 6.92 Å². The van der Waals surface area contributed by atoms with Crippen LogP contribution in [-0.4, -0.2) is 14.3 Å². The molecule has 19 heavy (non-hydrogen) atoms. The summed E-state index contributed by atoms with van der Waals surface area (Å²) >= 11 is 0. The summed E-state index contributed by atoms with van der Waals surface area (Å²) in [5, 5.41) is 6.91. The van der Waals surface area contributed by atoms with Crippen molar-refractivity contribution in [1.82, 2.24) is 14.3 Å². The molecule has 0 saturated heterocycles. The molecule has 2 rings (SSSR count). The van der Waals surface area contributed by atoms with Gasteiger partial charge in [0.1, 0.15) is 0 Å². The lowest BCUT2D eigenvalue weighted by Crippen LogP contribution is -2.39. The van der Waals surface area contributed by atoms with Crippen LogP contribution in [-0.2, 0) is 20.6 Å². The molecule has 1 heterocycles. The van der Waals surface area contributed by atoms with E-state index in [0.29, 0.717) is 6.54 Å². The van der Waals surface area contributed by atoms with Gasteiger partial charge in [-0.3, -0.25) is 9.36 Å². The minimum absolute atomic E-state index is 0.174. The van der Waals surface area contributed by atoms with Gasteiger partial charge in [0.05, 0.1) is 0 Å². The van der Waals surface area contributed by atoms with Crippen molar-refractivity contribution in [1.29, 1.82) is 0 Å². The van der Waals surface area contributed by atoms with Crippen molar-refractivity contribution >= 4 is 5.82 Å². The third-order valence-corrected chi connectivity index (χ3v) is 3.03. The second-order valence-corrected chi connectivity index (χ2v) is 4.40. The molecule has 0 bridgehead atoms. The number of hydrogen-bond acceptors (Lipinski definition) is 4. The molecule has 6 heteroatoms. The van der Waals surface area contributed by atoms with Crippen LogP contribution in [0.5, 0.6) is 0 Å². The molecule has 0 saturated carbocycles. The van der Waals surface area contributed by atoms with Gasteiger partial charge in [0, 0.05) is 20.6 Å². The molecule has 0 spiro atoms. The monoisotopic (exact) mass is 260 g/mol. The molecule has 0 atom stereocenters. The predicted octanol–water partition coefficient (Wildman–Crippen LogP) is 0.400. The van der Waals surface area contributed by atoms with Gasteiger partial charge in [-0.05, 0) is 18.1 Å². The van der Waals surface area contributed by atoms with Gasteiger partial charge in [-0.15, -0.1) is 5.10 Å². The van der Waals surface area contributed by atoms with Crippen molar-refractivity contribution in [3.8, 4) is 0 Å². The Morgan fingerprint density at radius 3 is 2.58 bits per heavy atom. The van der Waals surface area contributed by atoms with Crippen molar-refractivity contribution < 1.29 is 0 Å². The van der Waals surface area contributed by atoms with Crippen LogP contribution in [0.2, 0.25) is 0 Å². The molecule has 0 amide bonds. The van der Waals surface area contributed by atoms with E-state index >= 15 is 0 Å². The van der Waals surface area contributed by atoms with Gasteiger partial charge in [-0.25, -0.2) is 9.48 Å². The number of anilines is 1. The third kappa shape index (κ3) is 2.57. The maximum atomic E-state index is 11.9. The van der Waals surface area contributed by atoms with E-state index in [1.54, 1.807) is 0 Å². The quantitative estimate of drug-likeness (QED) is 0.867. The Kier molecular flexibility index (Phi) is 3.50. The van der Waals surface area contributed by atoms with Crippen LogP contribution in [0.3, 0.4) is 0 Å². The minimum atomic E-state index is -0.438. The Labute approximate surface area is 110 Å².